The lowest BCUT2D eigenvalue weighted by molar-refractivity contribution is 0.0955. The van der Waals surface area contributed by atoms with Gasteiger partial charge in [-0.15, -0.1) is 0 Å². The summed E-state index contributed by atoms with van der Waals surface area (Å²) in [6, 6.07) is 17.5. The van der Waals surface area contributed by atoms with Crippen LogP contribution in [0.2, 0.25) is 0 Å². The van der Waals surface area contributed by atoms with E-state index in [1.807, 2.05) is 75.4 Å². The van der Waals surface area contributed by atoms with E-state index in [1.54, 1.807) is 0 Å². The minimum atomic E-state index is -0.0325. The number of nitrogens with one attached hydrogen (secondary N) is 2. The summed E-state index contributed by atoms with van der Waals surface area (Å²) < 4.78 is 0. The zero-order valence-corrected chi connectivity index (χ0v) is 13.0. The van der Waals surface area contributed by atoms with Crippen LogP contribution in [-0.4, -0.2) is 19.0 Å². The average Bonchev–Trinajstić information content (AvgIpc) is 2.55. The first kappa shape index (κ1) is 16.8. The van der Waals surface area contributed by atoms with E-state index in [1.165, 1.54) is 0 Å². The standard InChI is InChI=1S/C16H18N2O.C2H6/c1-13-7-9-14(10-8-13)16(19)18-12-11-17-15-5-3-2-4-6-15;1-2/h2-10,17H,11-12H2,1H3,(H,18,19);1-2H3. The Balaban J connectivity index is 0.00000106. The largest absolute Gasteiger partial charge is 0.383 e. The lowest BCUT2D eigenvalue weighted by Gasteiger charge is -2.08. The van der Waals surface area contributed by atoms with Crippen LogP contribution in [0.1, 0.15) is 29.8 Å². The SMILES string of the molecule is CC.Cc1ccc(C(=O)NCCNc2ccccc2)cc1. The highest BCUT2D eigenvalue weighted by molar-refractivity contribution is 5.94. The van der Waals surface area contributed by atoms with E-state index in [9.17, 15) is 4.79 Å². The number of benzene rings is 2. The van der Waals surface area contributed by atoms with E-state index < -0.39 is 0 Å². The van der Waals surface area contributed by atoms with Gasteiger partial charge in [-0.05, 0) is 31.2 Å². The molecule has 0 unspecified atom stereocenters. The first-order valence-electron chi connectivity index (χ1n) is 7.39. The molecular formula is C18H24N2O. The van der Waals surface area contributed by atoms with Crippen molar-refractivity contribution in [2.24, 2.45) is 0 Å². The van der Waals surface area contributed by atoms with Crippen molar-refractivity contribution >= 4 is 11.6 Å². The highest BCUT2D eigenvalue weighted by atomic mass is 16.1. The smallest absolute Gasteiger partial charge is 0.251 e. The predicted octanol–water partition coefficient (Wildman–Crippen LogP) is 3.86. The number of carbonyl (C=O) groups excluding carboxylic acids is 1. The number of amides is 1. The number of hydrogen-bond donors (Lipinski definition) is 2. The number of hydrogen-bond acceptors (Lipinski definition) is 2. The maximum absolute atomic E-state index is 11.8. The topological polar surface area (TPSA) is 41.1 Å². The van der Waals surface area contributed by atoms with Crippen molar-refractivity contribution < 1.29 is 4.79 Å². The second kappa shape index (κ2) is 9.59. The van der Waals surface area contributed by atoms with Crippen LogP contribution in [0.3, 0.4) is 0 Å². The van der Waals surface area contributed by atoms with E-state index in [-0.39, 0.29) is 5.91 Å². The lowest BCUT2D eigenvalue weighted by atomic mass is 10.1. The molecule has 2 aromatic rings. The fourth-order valence-electron chi connectivity index (χ4n) is 1.75. The molecule has 0 fully saturated rings. The predicted molar refractivity (Wildman–Crippen MR) is 89.8 cm³/mol. The fraction of sp³-hybridized carbons (Fsp3) is 0.278. The minimum absolute atomic E-state index is 0.0325. The minimum Gasteiger partial charge on any atom is -0.383 e. The molecule has 0 saturated carbocycles. The van der Waals surface area contributed by atoms with E-state index >= 15 is 0 Å². The summed E-state index contributed by atoms with van der Waals surface area (Å²) in [5.41, 5.74) is 2.92. The van der Waals surface area contributed by atoms with Crippen LogP contribution in [0.4, 0.5) is 5.69 Å². The van der Waals surface area contributed by atoms with Gasteiger partial charge in [-0.1, -0.05) is 49.7 Å². The number of carbonyl (C=O) groups is 1. The van der Waals surface area contributed by atoms with Gasteiger partial charge < -0.3 is 10.6 Å². The molecule has 0 atom stereocenters. The van der Waals surface area contributed by atoms with Gasteiger partial charge in [-0.25, -0.2) is 0 Å². The Kier molecular flexibility index (Phi) is 7.65. The molecule has 2 rings (SSSR count). The van der Waals surface area contributed by atoms with E-state index in [0.29, 0.717) is 18.7 Å². The first-order valence-corrected chi connectivity index (χ1v) is 7.39. The van der Waals surface area contributed by atoms with Gasteiger partial charge in [-0.2, -0.15) is 0 Å². The molecule has 21 heavy (non-hydrogen) atoms. The Morgan fingerprint density at radius 3 is 2.14 bits per heavy atom. The molecule has 0 heterocycles. The van der Waals surface area contributed by atoms with Gasteiger partial charge in [0.2, 0.25) is 0 Å². The van der Waals surface area contributed by atoms with Crippen molar-refractivity contribution in [2.75, 3.05) is 18.4 Å². The van der Waals surface area contributed by atoms with Crippen LogP contribution in [0.25, 0.3) is 0 Å². The van der Waals surface area contributed by atoms with Gasteiger partial charge in [-0.3, -0.25) is 4.79 Å². The molecule has 0 aliphatic rings. The normalized spacial score (nSPS) is 9.29. The number of aryl methyl sites for hydroxylation is 1. The Hall–Kier alpha value is -2.29. The second-order valence-electron chi connectivity index (χ2n) is 4.41. The molecule has 1 amide bonds. The van der Waals surface area contributed by atoms with Gasteiger partial charge >= 0.3 is 0 Å². The third-order valence-corrected chi connectivity index (χ3v) is 2.83. The fourth-order valence-corrected chi connectivity index (χ4v) is 1.75. The summed E-state index contributed by atoms with van der Waals surface area (Å²) in [6.45, 7) is 7.31. The van der Waals surface area contributed by atoms with Crippen LogP contribution in [0.5, 0.6) is 0 Å². The molecule has 3 nitrogen and oxygen atoms in total. The molecule has 0 bridgehead atoms. The van der Waals surface area contributed by atoms with E-state index in [4.69, 9.17) is 0 Å². The number of rotatable bonds is 5. The summed E-state index contributed by atoms with van der Waals surface area (Å²) in [6.07, 6.45) is 0. The van der Waals surface area contributed by atoms with E-state index in [2.05, 4.69) is 10.6 Å². The van der Waals surface area contributed by atoms with Crippen molar-refractivity contribution in [1.82, 2.24) is 5.32 Å². The van der Waals surface area contributed by atoms with Gasteiger partial charge in [0.15, 0.2) is 0 Å². The number of para-hydroxylation sites is 1. The summed E-state index contributed by atoms with van der Waals surface area (Å²) in [4.78, 5) is 11.8. The van der Waals surface area contributed by atoms with Crippen molar-refractivity contribution in [3.05, 3.63) is 65.7 Å². The van der Waals surface area contributed by atoms with Crippen LogP contribution >= 0.6 is 0 Å². The summed E-state index contributed by atoms with van der Waals surface area (Å²) in [5.74, 6) is -0.0325. The monoisotopic (exact) mass is 284 g/mol. The summed E-state index contributed by atoms with van der Waals surface area (Å²) >= 11 is 0. The molecule has 2 N–H and O–H groups in total. The van der Waals surface area contributed by atoms with Crippen LogP contribution in [0, 0.1) is 6.92 Å². The van der Waals surface area contributed by atoms with Crippen LogP contribution < -0.4 is 10.6 Å². The Labute approximate surface area is 127 Å². The van der Waals surface area contributed by atoms with Gasteiger partial charge in [0.1, 0.15) is 0 Å². The highest BCUT2D eigenvalue weighted by Gasteiger charge is 2.03. The zero-order chi connectivity index (χ0) is 15.5. The lowest BCUT2D eigenvalue weighted by Crippen LogP contribution is -2.28. The molecule has 0 spiro atoms. The molecule has 0 aromatic heterocycles. The van der Waals surface area contributed by atoms with Crippen molar-refractivity contribution in [3.8, 4) is 0 Å². The van der Waals surface area contributed by atoms with Crippen molar-refractivity contribution in [1.29, 1.82) is 0 Å². The molecule has 0 radical (unpaired) electrons. The molecule has 0 aliphatic heterocycles. The second-order valence-corrected chi connectivity index (χ2v) is 4.41. The van der Waals surface area contributed by atoms with E-state index in [0.717, 1.165) is 11.3 Å². The zero-order valence-electron chi connectivity index (χ0n) is 13.0. The van der Waals surface area contributed by atoms with Gasteiger partial charge in [0.05, 0.1) is 0 Å². The first-order chi connectivity index (χ1) is 10.3. The molecule has 112 valence electrons. The Bertz CT molecular complexity index is 521. The maximum atomic E-state index is 11.8. The third kappa shape index (κ3) is 6.13. The Morgan fingerprint density at radius 1 is 0.905 bits per heavy atom. The Morgan fingerprint density at radius 2 is 1.52 bits per heavy atom. The van der Waals surface area contributed by atoms with Gasteiger partial charge in [0, 0.05) is 24.3 Å². The molecule has 0 saturated heterocycles. The average molecular weight is 284 g/mol. The number of anilines is 1. The molecule has 3 heteroatoms. The maximum Gasteiger partial charge on any atom is 0.251 e. The quantitative estimate of drug-likeness (QED) is 0.818. The molecule has 0 aliphatic carbocycles. The summed E-state index contributed by atoms with van der Waals surface area (Å²) in [7, 11) is 0. The highest BCUT2D eigenvalue weighted by Crippen LogP contribution is 2.04. The summed E-state index contributed by atoms with van der Waals surface area (Å²) in [5, 5.41) is 6.13. The third-order valence-electron chi connectivity index (χ3n) is 2.83. The van der Waals surface area contributed by atoms with Gasteiger partial charge in [0.25, 0.3) is 5.91 Å². The van der Waals surface area contributed by atoms with Crippen LogP contribution in [-0.2, 0) is 0 Å². The molecular weight excluding hydrogens is 260 g/mol. The molecule has 2 aromatic carbocycles. The van der Waals surface area contributed by atoms with Crippen molar-refractivity contribution in [2.45, 2.75) is 20.8 Å². The van der Waals surface area contributed by atoms with Crippen LogP contribution in [0.15, 0.2) is 54.6 Å². The van der Waals surface area contributed by atoms with Crippen molar-refractivity contribution in [3.63, 3.8) is 0 Å².